The van der Waals surface area contributed by atoms with Crippen molar-refractivity contribution in [3.63, 3.8) is 0 Å². The minimum atomic E-state index is -0.853. The minimum Gasteiger partial charge on any atom is -0.298 e. The summed E-state index contributed by atoms with van der Waals surface area (Å²) < 4.78 is 0. The molecule has 0 fully saturated rings. The van der Waals surface area contributed by atoms with Crippen molar-refractivity contribution >= 4 is 29.0 Å². The van der Waals surface area contributed by atoms with E-state index in [0.29, 0.717) is 16.1 Å². The van der Waals surface area contributed by atoms with Crippen LogP contribution in [0, 0.1) is 5.92 Å². The van der Waals surface area contributed by atoms with Crippen LogP contribution in [0.1, 0.15) is 34.1 Å². The first-order chi connectivity index (χ1) is 10.5. The number of carbonyl (C=O) groups excluding carboxylic acids is 3. The molecule has 0 aliphatic heterocycles. The lowest BCUT2D eigenvalue weighted by Gasteiger charge is -2.09. The Morgan fingerprint density at radius 1 is 0.955 bits per heavy atom. The van der Waals surface area contributed by atoms with Crippen molar-refractivity contribution in [2.75, 3.05) is 0 Å². The Bertz CT molecular complexity index is 707. The second-order valence-electron chi connectivity index (χ2n) is 5.00. The van der Waals surface area contributed by atoms with E-state index in [2.05, 4.69) is 0 Å². The molecule has 0 radical (unpaired) electrons. The average molecular weight is 315 g/mol. The molecule has 0 heterocycles. The molecule has 0 aliphatic carbocycles. The van der Waals surface area contributed by atoms with Crippen molar-refractivity contribution in [1.82, 2.24) is 0 Å². The van der Waals surface area contributed by atoms with Gasteiger partial charge in [0.2, 0.25) is 0 Å². The van der Waals surface area contributed by atoms with Crippen molar-refractivity contribution in [1.29, 1.82) is 0 Å². The summed E-state index contributed by atoms with van der Waals surface area (Å²) in [6.45, 7) is 1.53. The van der Waals surface area contributed by atoms with Crippen LogP contribution in [-0.4, -0.2) is 17.3 Å². The maximum atomic E-state index is 12.2. The number of carbonyl (C=O) groups is 3. The maximum Gasteiger partial charge on any atom is 0.173 e. The zero-order valence-corrected chi connectivity index (χ0v) is 12.8. The molecule has 0 amide bonds. The normalized spacial score (nSPS) is 11.7. The van der Waals surface area contributed by atoms with Crippen molar-refractivity contribution < 1.29 is 14.4 Å². The minimum absolute atomic E-state index is 0.280. The molecule has 0 aliphatic rings. The van der Waals surface area contributed by atoms with E-state index in [1.807, 2.05) is 0 Å². The predicted octanol–water partition coefficient (Wildman–Crippen LogP) is 4.00. The van der Waals surface area contributed by atoms with Gasteiger partial charge < -0.3 is 0 Å². The van der Waals surface area contributed by atoms with E-state index in [1.165, 1.54) is 6.92 Å². The molecule has 0 saturated heterocycles. The summed E-state index contributed by atoms with van der Waals surface area (Å²) >= 11 is 5.94. The fourth-order valence-electron chi connectivity index (χ4n) is 2.09. The van der Waals surface area contributed by atoms with Crippen LogP contribution in [0.5, 0.6) is 0 Å². The first kappa shape index (κ1) is 16.1. The van der Waals surface area contributed by atoms with E-state index in [4.69, 9.17) is 11.6 Å². The molecule has 0 spiro atoms. The Kier molecular flexibility index (Phi) is 5.23. The SMILES string of the molecule is CC(C(=O)CC(=O)c1ccccc1Cl)C(=O)c1ccccc1. The first-order valence-corrected chi connectivity index (χ1v) is 7.28. The van der Waals surface area contributed by atoms with Crippen LogP contribution in [0.25, 0.3) is 0 Å². The summed E-state index contributed by atoms with van der Waals surface area (Å²) in [6.07, 6.45) is -0.330. The molecule has 1 atom stereocenters. The van der Waals surface area contributed by atoms with Gasteiger partial charge in [-0.3, -0.25) is 14.4 Å². The van der Waals surface area contributed by atoms with Crippen LogP contribution in [-0.2, 0) is 4.79 Å². The second-order valence-corrected chi connectivity index (χ2v) is 5.41. The molecule has 22 heavy (non-hydrogen) atoms. The van der Waals surface area contributed by atoms with Crippen LogP contribution < -0.4 is 0 Å². The number of benzene rings is 2. The summed E-state index contributed by atoms with van der Waals surface area (Å²) in [5.74, 6) is -1.91. The largest absolute Gasteiger partial charge is 0.298 e. The third kappa shape index (κ3) is 3.68. The van der Waals surface area contributed by atoms with Gasteiger partial charge in [0.15, 0.2) is 17.3 Å². The van der Waals surface area contributed by atoms with E-state index >= 15 is 0 Å². The van der Waals surface area contributed by atoms with Crippen molar-refractivity contribution in [2.45, 2.75) is 13.3 Å². The van der Waals surface area contributed by atoms with Gasteiger partial charge in [0.05, 0.1) is 17.4 Å². The lowest BCUT2D eigenvalue weighted by Crippen LogP contribution is -2.23. The number of rotatable bonds is 6. The van der Waals surface area contributed by atoms with E-state index in [-0.39, 0.29) is 18.0 Å². The fourth-order valence-corrected chi connectivity index (χ4v) is 2.33. The van der Waals surface area contributed by atoms with Gasteiger partial charge in [0.25, 0.3) is 0 Å². The lowest BCUT2D eigenvalue weighted by molar-refractivity contribution is -0.120. The monoisotopic (exact) mass is 314 g/mol. The third-order valence-corrected chi connectivity index (χ3v) is 3.77. The number of hydrogen-bond donors (Lipinski definition) is 0. The van der Waals surface area contributed by atoms with E-state index in [1.54, 1.807) is 54.6 Å². The van der Waals surface area contributed by atoms with Crippen molar-refractivity contribution in [3.8, 4) is 0 Å². The van der Waals surface area contributed by atoms with E-state index in [0.717, 1.165) is 0 Å². The van der Waals surface area contributed by atoms with Gasteiger partial charge in [-0.1, -0.05) is 54.1 Å². The number of halogens is 1. The standard InChI is InChI=1S/C18H15ClO3/c1-12(18(22)13-7-3-2-4-8-13)16(20)11-17(21)14-9-5-6-10-15(14)19/h2-10,12H,11H2,1H3. The average Bonchev–Trinajstić information content (AvgIpc) is 2.54. The van der Waals surface area contributed by atoms with Crippen LogP contribution in [0.3, 0.4) is 0 Å². The summed E-state index contributed by atoms with van der Waals surface area (Å²) in [5.41, 5.74) is 0.769. The summed E-state index contributed by atoms with van der Waals surface area (Å²) in [7, 11) is 0. The highest BCUT2D eigenvalue weighted by molar-refractivity contribution is 6.34. The van der Waals surface area contributed by atoms with Gasteiger partial charge >= 0.3 is 0 Å². The summed E-state index contributed by atoms with van der Waals surface area (Å²) in [4.78, 5) is 36.5. The zero-order valence-electron chi connectivity index (χ0n) is 12.1. The van der Waals surface area contributed by atoms with Gasteiger partial charge in [0.1, 0.15) is 0 Å². The van der Waals surface area contributed by atoms with Crippen LogP contribution in [0.15, 0.2) is 54.6 Å². The Balaban J connectivity index is 2.07. The van der Waals surface area contributed by atoms with Crippen LogP contribution in [0.4, 0.5) is 0 Å². The van der Waals surface area contributed by atoms with Crippen LogP contribution in [0.2, 0.25) is 5.02 Å². The Morgan fingerprint density at radius 3 is 2.18 bits per heavy atom. The molecule has 2 aromatic rings. The molecule has 0 N–H and O–H groups in total. The Hall–Kier alpha value is -2.26. The van der Waals surface area contributed by atoms with Gasteiger partial charge in [-0.15, -0.1) is 0 Å². The Morgan fingerprint density at radius 2 is 1.55 bits per heavy atom. The Labute approximate surface area is 133 Å². The van der Waals surface area contributed by atoms with E-state index in [9.17, 15) is 14.4 Å². The predicted molar refractivity (Wildman–Crippen MR) is 85.3 cm³/mol. The molecular formula is C18H15ClO3. The molecule has 1 unspecified atom stereocenters. The fraction of sp³-hybridized carbons (Fsp3) is 0.167. The van der Waals surface area contributed by atoms with Gasteiger partial charge in [-0.05, 0) is 19.1 Å². The number of ketones is 3. The van der Waals surface area contributed by atoms with E-state index < -0.39 is 11.7 Å². The van der Waals surface area contributed by atoms with Gasteiger partial charge in [0, 0.05) is 11.1 Å². The quantitative estimate of drug-likeness (QED) is 0.598. The molecule has 2 rings (SSSR count). The molecule has 112 valence electrons. The van der Waals surface area contributed by atoms with Crippen LogP contribution >= 0.6 is 11.6 Å². The highest BCUT2D eigenvalue weighted by Gasteiger charge is 2.25. The van der Waals surface area contributed by atoms with Crippen molar-refractivity contribution in [3.05, 3.63) is 70.7 Å². The van der Waals surface area contributed by atoms with Gasteiger partial charge in [-0.2, -0.15) is 0 Å². The number of Topliss-reactive ketones (excluding diaryl/α,β-unsaturated/α-hetero) is 3. The molecule has 2 aromatic carbocycles. The molecule has 0 aromatic heterocycles. The second kappa shape index (κ2) is 7.14. The molecule has 0 bridgehead atoms. The lowest BCUT2D eigenvalue weighted by atomic mass is 9.92. The molecular weight excluding hydrogens is 300 g/mol. The first-order valence-electron chi connectivity index (χ1n) is 6.90. The summed E-state index contributed by atoms with van der Waals surface area (Å²) in [5, 5.41) is 0.308. The molecule has 0 saturated carbocycles. The topological polar surface area (TPSA) is 51.2 Å². The number of hydrogen-bond acceptors (Lipinski definition) is 3. The zero-order chi connectivity index (χ0) is 16.1. The van der Waals surface area contributed by atoms with Gasteiger partial charge in [-0.25, -0.2) is 0 Å². The van der Waals surface area contributed by atoms with Crippen molar-refractivity contribution in [2.24, 2.45) is 5.92 Å². The molecule has 3 nitrogen and oxygen atoms in total. The third-order valence-electron chi connectivity index (χ3n) is 3.44. The summed E-state index contributed by atoms with van der Waals surface area (Å²) in [6, 6.07) is 15.1. The smallest absolute Gasteiger partial charge is 0.173 e. The molecule has 4 heteroatoms. The highest BCUT2D eigenvalue weighted by Crippen LogP contribution is 2.18. The maximum absolute atomic E-state index is 12.2. The highest BCUT2D eigenvalue weighted by atomic mass is 35.5.